The maximum Gasteiger partial charge on any atom is 0.0562 e. The van der Waals surface area contributed by atoms with Gasteiger partial charge in [0, 0.05) is 31.5 Å². The summed E-state index contributed by atoms with van der Waals surface area (Å²) in [6.07, 6.45) is 5.97. The van der Waals surface area contributed by atoms with Crippen LogP contribution in [0.1, 0.15) is 38.8 Å². The molecule has 3 heteroatoms. The molecule has 1 saturated carbocycles. The van der Waals surface area contributed by atoms with Crippen molar-refractivity contribution in [1.29, 1.82) is 0 Å². The highest BCUT2D eigenvalue weighted by Crippen LogP contribution is 2.31. The smallest absolute Gasteiger partial charge is 0.0562 e. The Morgan fingerprint density at radius 1 is 1.39 bits per heavy atom. The molecule has 0 saturated heterocycles. The summed E-state index contributed by atoms with van der Waals surface area (Å²) in [6.45, 7) is 8.61. The lowest BCUT2D eigenvalue weighted by Crippen LogP contribution is -2.26. The van der Waals surface area contributed by atoms with Crippen LogP contribution >= 0.6 is 0 Å². The second-order valence-corrected chi connectivity index (χ2v) is 5.18. The third-order valence-corrected chi connectivity index (χ3v) is 3.39. The summed E-state index contributed by atoms with van der Waals surface area (Å²) in [5.41, 5.74) is 2.48. The maximum absolute atomic E-state index is 4.43. The third kappa shape index (κ3) is 3.98. The van der Waals surface area contributed by atoms with E-state index in [1.807, 2.05) is 6.20 Å². The first-order valence-electron chi connectivity index (χ1n) is 7.24. The van der Waals surface area contributed by atoms with E-state index in [0.717, 1.165) is 31.2 Å². The van der Waals surface area contributed by atoms with Gasteiger partial charge in [-0.25, -0.2) is 0 Å². The molecule has 0 aromatic carbocycles. The normalized spacial score (nSPS) is 14.8. The van der Waals surface area contributed by atoms with Crippen molar-refractivity contribution >= 4 is 5.69 Å². The minimum Gasteiger partial charge on any atom is -0.371 e. The Hall–Kier alpha value is -1.09. The summed E-state index contributed by atoms with van der Waals surface area (Å²) in [5, 5.41) is 3.33. The van der Waals surface area contributed by atoms with Crippen molar-refractivity contribution in [2.24, 2.45) is 5.92 Å². The summed E-state index contributed by atoms with van der Waals surface area (Å²) >= 11 is 0. The molecular formula is C15H25N3. The number of aromatic nitrogens is 1. The SMILES string of the molecule is CCCN(CC1CC1)c1ccnc(CNCC)c1. The molecule has 2 rings (SSSR count). The monoisotopic (exact) mass is 247 g/mol. The molecule has 1 fully saturated rings. The zero-order valence-electron chi connectivity index (χ0n) is 11.7. The van der Waals surface area contributed by atoms with Gasteiger partial charge in [-0.2, -0.15) is 0 Å². The topological polar surface area (TPSA) is 28.2 Å². The first-order chi connectivity index (χ1) is 8.83. The van der Waals surface area contributed by atoms with E-state index in [1.54, 1.807) is 0 Å². The zero-order valence-corrected chi connectivity index (χ0v) is 11.7. The number of nitrogens with one attached hydrogen (secondary N) is 1. The molecule has 18 heavy (non-hydrogen) atoms. The average Bonchev–Trinajstić information content (AvgIpc) is 3.20. The van der Waals surface area contributed by atoms with Crippen LogP contribution in [-0.2, 0) is 6.54 Å². The fourth-order valence-corrected chi connectivity index (χ4v) is 2.22. The third-order valence-electron chi connectivity index (χ3n) is 3.39. The average molecular weight is 247 g/mol. The number of anilines is 1. The van der Waals surface area contributed by atoms with Crippen LogP contribution in [0.25, 0.3) is 0 Å². The van der Waals surface area contributed by atoms with Crippen molar-refractivity contribution in [3.8, 4) is 0 Å². The van der Waals surface area contributed by atoms with Crippen LogP contribution in [-0.4, -0.2) is 24.6 Å². The number of nitrogens with zero attached hydrogens (tertiary/aromatic N) is 2. The first-order valence-corrected chi connectivity index (χ1v) is 7.24. The van der Waals surface area contributed by atoms with Gasteiger partial charge in [0.25, 0.3) is 0 Å². The van der Waals surface area contributed by atoms with Crippen molar-refractivity contribution in [3.05, 3.63) is 24.0 Å². The number of pyridine rings is 1. The minimum absolute atomic E-state index is 0.869. The minimum atomic E-state index is 0.869. The van der Waals surface area contributed by atoms with Gasteiger partial charge in [-0.1, -0.05) is 13.8 Å². The lowest BCUT2D eigenvalue weighted by atomic mass is 10.2. The second kappa shape index (κ2) is 6.74. The van der Waals surface area contributed by atoms with E-state index >= 15 is 0 Å². The van der Waals surface area contributed by atoms with Gasteiger partial charge in [-0.3, -0.25) is 4.98 Å². The molecule has 3 nitrogen and oxygen atoms in total. The second-order valence-electron chi connectivity index (χ2n) is 5.18. The van der Waals surface area contributed by atoms with Crippen molar-refractivity contribution in [3.63, 3.8) is 0 Å². The zero-order chi connectivity index (χ0) is 12.8. The van der Waals surface area contributed by atoms with Crippen molar-refractivity contribution in [2.45, 2.75) is 39.7 Å². The van der Waals surface area contributed by atoms with Gasteiger partial charge in [0.1, 0.15) is 0 Å². The molecular weight excluding hydrogens is 222 g/mol. The Balaban J connectivity index is 2.02. The van der Waals surface area contributed by atoms with Gasteiger partial charge in [-0.05, 0) is 43.9 Å². The largest absolute Gasteiger partial charge is 0.371 e. The predicted molar refractivity (Wildman–Crippen MR) is 76.8 cm³/mol. The van der Waals surface area contributed by atoms with Gasteiger partial charge in [0.15, 0.2) is 0 Å². The van der Waals surface area contributed by atoms with Crippen LogP contribution < -0.4 is 10.2 Å². The predicted octanol–water partition coefficient (Wildman–Crippen LogP) is 2.82. The van der Waals surface area contributed by atoms with Gasteiger partial charge in [-0.15, -0.1) is 0 Å². The maximum atomic E-state index is 4.43. The Morgan fingerprint density at radius 2 is 2.22 bits per heavy atom. The molecule has 1 aromatic heterocycles. The number of rotatable bonds is 8. The molecule has 0 amide bonds. The molecule has 0 spiro atoms. The highest BCUT2D eigenvalue weighted by molar-refractivity contribution is 5.46. The molecule has 1 aromatic rings. The van der Waals surface area contributed by atoms with Crippen molar-refractivity contribution in [1.82, 2.24) is 10.3 Å². The molecule has 100 valence electrons. The summed E-state index contributed by atoms with van der Waals surface area (Å²) in [4.78, 5) is 6.95. The molecule has 1 heterocycles. The lowest BCUT2D eigenvalue weighted by Gasteiger charge is -2.24. The Kier molecular flexibility index (Phi) is 5.00. The van der Waals surface area contributed by atoms with Crippen LogP contribution in [0.2, 0.25) is 0 Å². The Morgan fingerprint density at radius 3 is 2.89 bits per heavy atom. The molecule has 1 N–H and O–H groups in total. The van der Waals surface area contributed by atoms with E-state index in [-0.39, 0.29) is 0 Å². The molecule has 1 aliphatic rings. The van der Waals surface area contributed by atoms with E-state index in [2.05, 4.69) is 41.2 Å². The van der Waals surface area contributed by atoms with Gasteiger partial charge < -0.3 is 10.2 Å². The summed E-state index contributed by atoms with van der Waals surface area (Å²) in [7, 11) is 0. The standard InChI is InChI=1S/C15H25N3/c1-3-9-18(12-13-5-6-13)15-7-8-17-14(10-15)11-16-4-2/h7-8,10,13,16H,3-6,9,11-12H2,1-2H3. The van der Waals surface area contributed by atoms with Crippen molar-refractivity contribution in [2.75, 3.05) is 24.5 Å². The molecule has 0 aliphatic heterocycles. The summed E-state index contributed by atoms with van der Waals surface area (Å²) < 4.78 is 0. The van der Waals surface area contributed by atoms with Crippen LogP contribution in [0.5, 0.6) is 0 Å². The van der Waals surface area contributed by atoms with Gasteiger partial charge in [0.2, 0.25) is 0 Å². The van der Waals surface area contributed by atoms with E-state index in [0.29, 0.717) is 0 Å². The van der Waals surface area contributed by atoms with E-state index < -0.39 is 0 Å². The fourth-order valence-electron chi connectivity index (χ4n) is 2.22. The highest BCUT2D eigenvalue weighted by atomic mass is 15.1. The lowest BCUT2D eigenvalue weighted by molar-refractivity contribution is 0.696. The van der Waals surface area contributed by atoms with Crippen LogP contribution in [0.4, 0.5) is 5.69 Å². The summed E-state index contributed by atoms with van der Waals surface area (Å²) in [5.74, 6) is 0.932. The molecule has 0 unspecified atom stereocenters. The quantitative estimate of drug-likeness (QED) is 0.765. The Labute approximate surface area is 111 Å². The number of hydrogen-bond donors (Lipinski definition) is 1. The molecule has 1 aliphatic carbocycles. The molecule has 0 atom stereocenters. The number of hydrogen-bond acceptors (Lipinski definition) is 3. The highest BCUT2D eigenvalue weighted by Gasteiger charge is 2.24. The van der Waals surface area contributed by atoms with Crippen molar-refractivity contribution < 1.29 is 0 Å². The molecule has 0 radical (unpaired) electrons. The van der Waals surface area contributed by atoms with Crippen LogP contribution in [0.3, 0.4) is 0 Å². The molecule has 0 bridgehead atoms. The van der Waals surface area contributed by atoms with E-state index in [4.69, 9.17) is 0 Å². The van der Waals surface area contributed by atoms with Crippen LogP contribution in [0.15, 0.2) is 18.3 Å². The van der Waals surface area contributed by atoms with Gasteiger partial charge in [0.05, 0.1) is 5.69 Å². The van der Waals surface area contributed by atoms with Crippen LogP contribution in [0, 0.1) is 5.92 Å². The van der Waals surface area contributed by atoms with Gasteiger partial charge >= 0.3 is 0 Å². The van der Waals surface area contributed by atoms with E-state index in [1.165, 1.54) is 31.5 Å². The van der Waals surface area contributed by atoms with E-state index in [9.17, 15) is 0 Å². The Bertz CT molecular complexity index is 361. The fraction of sp³-hybridized carbons (Fsp3) is 0.667. The first kappa shape index (κ1) is 13.3. The summed E-state index contributed by atoms with van der Waals surface area (Å²) in [6, 6.07) is 4.38.